The molecule has 5 nitrogen and oxygen atoms in total. The van der Waals surface area contributed by atoms with Crippen LogP contribution in [0.15, 0.2) is 66.7 Å². The maximum absolute atomic E-state index is 13.3. The summed E-state index contributed by atoms with van der Waals surface area (Å²) in [5.41, 5.74) is 1.96. The molecule has 0 aromatic heterocycles. The van der Waals surface area contributed by atoms with E-state index in [4.69, 9.17) is 0 Å². The summed E-state index contributed by atoms with van der Waals surface area (Å²) in [5.74, 6) is 0.638. The van der Waals surface area contributed by atoms with Gasteiger partial charge in [0.25, 0.3) is 5.91 Å². The van der Waals surface area contributed by atoms with Crippen molar-refractivity contribution in [2.45, 2.75) is 19.4 Å². The SMILES string of the molecule is C[C@H](NC(=O)c1cccc(N2C(=O)[C@@H]3[C@H]4C=C[C@@H]([C@@H]5C[C@@H]45)[C@@H]3C2=O)c1)c1ccccc1. The molecule has 7 atom stereocenters. The molecule has 0 spiro atoms. The molecule has 2 saturated carbocycles. The van der Waals surface area contributed by atoms with Gasteiger partial charge in [-0.05, 0) is 60.8 Å². The lowest BCUT2D eigenvalue weighted by molar-refractivity contribution is -0.124. The minimum atomic E-state index is -0.234. The number of carbonyl (C=O) groups excluding carboxylic acids is 3. The summed E-state index contributed by atoms with van der Waals surface area (Å²) in [6.07, 6.45) is 5.48. The largest absolute Gasteiger partial charge is 0.346 e. The Morgan fingerprint density at radius 2 is 1.58 bits per heavy atom. The fourth-order valence-corrected chi connectivity index (χ4v) is 6.10. The summed E-state index contributed by atoms with van der Waals surface area (Å²) in [4.78, 5) is 40.8. The van der Waals surface area contributed by atoms with Crippen LogP contribution < -0.4 is 10.2 Å². The van der Waals surface area contributed by atoms with E-state index in [1.807, 2.05) is 37.3 Å². The van der Waals surface area contributed by atoms with E-state index < -0.39 is 0 Å². The summed E-state index contributed by atoms with van der Waals surface area (Å²) in [5, 5.41) is 3.00. The molecular weight excluding hydrogens is 388 g/mol. The lowest BCUT2D eigenvalue weighted by atomic mass is 9.63. The lowest BCUT2D eigenvalue weighted by Gasteiger charge is -2.37. The highest BCUT2D eigenvalue weighted by molar-refractivity contribution is 6.23. The molecule has 156 valence electrons. The topological polar surface area (TPSA) is 66.5 Å². The number of nitrogens with zero attached hydrogens (tertiary/aromatic N) is 1. The lowest BCUT2D eigenvalue weighted by Crippen LogP contribution is -2.40. The molecule has 1 N–H and O–H groups in total. The Morgan fingerprint density at radius 3 is 2.23 bits per heavy atom. The molecule has 1 aliphatic heterocycles. The van der Waals surface area contributed by atoms with Crippen molar-refractivity contribution in [3.8, 4) is 0 Å². The summed E-state index contributed by atoms with van der Waals surface area (Å²) in [7, 11) is 0. The Bertz CT molecular complexity index is 1090. The molecule has 2 bridgehead atoms. The number of rotatable bonds is 4. The van der Waals surface area contributed by atoms with Gasteiger partial charge < -0.3 is 5.32 Å². The maximum Gasteiger partial charge on any atom is 0.251 e. The quantitative estimate of drug-likeness (QED) is 0.615. The number of amides is 3. The molecule has 0 radical (unpaired) electrons. The molecule has 1 heterocycles. The van der Waals surface area contributed by atoms with Gasteiger partial charge in [-0.25, -0.2) is 4.90 Å². The van der Waals surface area contributed by atoms with Crippen molar-refractivity contribution >= 4 is 23.4 Å². The normalized spacial score (nSPS) is 33.1. The molecule has 31 heavy (non-hydrogen) atoms. The van der Waals surface area contributed by atoms with Crippen LogP contribution in [0.25, 0.3) is 0 Å². The van der Waals surface area contributed by atoms with Crippen LogP contribution in [0.3, 0.4) is 0 Å². The third-order valence-corrected chi connectivity index (χ3v) is 7.68. The van der Waals surface area contributed by atoms with Crippen LogP contribution in [0.2, 0.25) is 0 Å². The Hall–Kier alpha value is -3.21. The Balaban J connectivity index is 1.25. The zero-order valence-electron chi connectivity index (χ0n) is 17.3. The molecule has 5 aliphatic rings. The minimum absolute atomic E-state index is 0.102. The van der Waals surface area contributed by atoms with E-state index in [1.165, 1.54) is 4.90 Å². The molecule has 2 aromatic rings. The molecule has 1 saturated heterocycles. The zero-order chi connectivity index (χ0) is 21.3. The van der Waals surface area contributed by atoms with Crippen LogP contribution in [0.4, 0.5) is 5.69 Å². The van der Waals surface area contributed by atoms with Crippen molar-refractivity contribution in [2.24, 2.45) is 35.5 Å². The van der Waals surface area contributed by atoms with Crippen molar-refractivity contribution in [3.05, 3.63) is 77.9 Å². The van der Waals surface area contributed by atoms with Gasteiger partial charge in [-0.2, -0.15) is 0 Å². The third-order valence-electron chi connectivity index (χ3n) is 7.68. The van der Waals surface area contributed by atoms with Gasteiger partial charge in [-0.1, -0.05) is 48.6 Å². The monoisotopic (exact) mass is 412 g/mol. The van der Waals surface area contributed by atoms with Gasteiger partial charge in [0.15, 0.2) is 0 Å². The van der Waals surface area contributed by atoms with Crippen molar-refractivity contribution in [3.63, 3.8) is 0 Å². The highest BCUT2D eigenvalue weighted by Gasteiger charge is 2.67. The zero-order valence-corrected chi connectivity index (χ0v) is 17.3. The number of nitrogens with one attached hydrogen (secondary N) is 1. The molecule has 2 aromatic carbocycles. The van der Waals surface area contributed by atoms with Gasteiger partial charge in [-0.3, -0.25) is 14.4 Å². The minimum Gasteiger partial charge on any atom is -0.346 e. The second-order valence-corrected chi connectivity index (χ2v) is 9.32. The molecule has 3 fully saturated rings. The maximum atomic E-state index is 13.3. The van der Waals surface area contributed by atoms with Crippen LogP contribution in [-0.4, -0.2) is 17.7 Å². The van der Waals surface area contributed by atoms with Crippen molar-refractivity contribution in [2.75, 3.05) is 4.90 Å². The highest BCUT2D eigenvalue weighted by atomic mass is 16.2. The number of hydrogen-bond acceptors (Lipinski definition) is 3. The molecule has 4 aliphatic carbocycles. The average molecular weight is 412 g/mol. The van der Waals surface area contributed by atoms with Crippen molar-refractivity contribution in [1.82, 2.24) is 5.32 Å². The Morgan fingerprint density at radius 1 is 0.935 bits per heavy atom. The molecule has 3 amide bonds. The number of benzene rings is 2. The van der Waals surface area contributed by atoms with Crippen LogP contribution >= 0.6 is 0 Å². The second kappa shape index (κ2) is 6.64. The number of imide groups is 1. The second-order valence-electron chi connectivity index (χ2n) is 9.32. The van der Waals surface area contributed by atoms with Crippen molar-refractivity contribution in [1.29, 1.82) is 0 Å². The van der Waals surface area contributed by atoms with Crippen LogP contribution in [0.5, 0.6) is 0 Å². The average Bonchev–Trinajstić information content (AvgIpc) is 3.57. The third kappa shape index (κ3) is 2.72. The first-order chi connectivity index (χ1) is 15.0. The van der Waals surface area contributed by atoms with Crippen LogP contribution in [0.1, 0.15) is 35.3 Å². The summed E-state index contributed by atoms with van der Waals surface area (Å²) in [6.45, 7) is 1.93. The highest BCUT2D eigenvalue weighted by Crippen LogP contribution is 2.65. The van der Waals surface area contributed by atoms with E-state index in [9.17, 15) is 14.4 Å². The fourth-order valence-electron chi connectivity index (χ4n) is 6.10. The summed E-state index contributed by atoms with van der Waals surface area (Å²) >= 11 is 0. The number of allylic oxidation sites excluding steroid dienone is 2. The summed E-state index contributed by atoms with van der Waals surface area (Å²) < 4.78 is 0. The predicted octanol–water partition coefficient (Wildman–Crippen LogP) is 3.74. The van der Waals surface area contributed by atoms with E-state index in [-0.39, 0.29) is 47.4 Å². The Kier molecular flexibility index (Phi) is 3.98. The van der Waals surface area contributed by atoms with Gasteiger partial charge in [0.05, 0.1) is 23.6 Å². The van der Waals surface area contributed by atoms with E-state index in [2.05, 4.69) is 17.5 Å². The van der Waals surface area contributed by atoms with Gasteiger partial charge >= 0.3 is 0 Å². The molecule has 7 rings (SSSR count). The van der Waals surface area contributed by atoms with E-state index in [0.717, 1.165) is 12.0 Å². The molecular formula is C26H24N2O3. The molecule has 0 unspecified atom stereocenters. The van der Waals surface area contributed by atoms with Gasteiger partial charge in [0.1, 0.15) is 0 Å². The van der Waals surface area contributed by atoms with E-state index in [1.54, 1.807) is 24.3 Å². The fraction of sp³-hybridized carbons (Fsp3) is 0.346. The summed E-state index contributed by atoms with van der Waals surface area (Å²) in [6, 6.07) is 16.5. The van der Waals surface area contributed by atoms with E-state index in [0.29, 0.717) is 23.1 Å². The van der Waals surface area contributed by atoms with Crippen LogP contribution in [0, 0.1) is 35.5 Å². The first-order valence-electron chi connectivity index (χ1n) is 11.1. The van der Waals surface area contributed by atoms with Gasteiger partial charge in [-0.15, -0.1) is 0 Å². The standard InChI is InChI=1S/C26H24N2O3/c1-14(15-6-3-2-4-7-15)27-24(29)16-8-5-9-17(12-16)28-25(30)22-18-10-11-19(21-13-20(18)21)23(22)26(28)31/h2-12,14,18-23H,13H2,1H3,(H,27,29)/t14-,18-,19-,20-,21-,22-,23+/m0/s1. The van der Waals surface area contributed by atoms with Crippen molar-refractivity contribution < 1.29 is 14.4 Å². The van der Waals surface area contributed by atoms with E-state index >= 15 is 0 Å². The van der Waals surface area contributed by atoms with Gasteiger partial charge in [0.2, 0.25) is 11.8 Å². The number of anilines is 1. The number of hydrogen-bond donors (Lipinski definition) is 1. The first-order valence-corrected chi connectivity index (χ1v) is 11.1. The molecule has 5 heteroatoms. The predicted molar refractivity (Wildman–Crippen MR) is 116 cm³/mol. The smallest absolute Gasteiger partial charge is 0.251 e. The Labute approximate surface area is 181 Å². The first kappa shape index (κ1) is 18.6. The van der Waals surface area contributed by atoms with Crippen LogP contribution in [-0.2, 0) is 9.59 Å². The number of carbonyl (C=O) groups is 3. The van der Waals surface area contributed by atoms with Gasteiger partial charge in [0, 0.05) is 5.56 Å².